The molecule has 0 bridgehead atoms. The van der Waals surface area contributed by atoms with Gasteiger partial charge in [-0.1, -0.05) is 0 Å². The van der Waals surface area contributed by atoms with Crippen LogP contribution in [-0.4, -0.2) is 25.9 Å². The Morgan fingerprint density at radius 2 is 1.76 bits per heavy atom. The number of rotatable bonds is 3. The van der Waals surface area contributed by atoms with E-state index in [0.29, 0.717) is 22.6 Å². The van der Waals surface area contributed by atoms with Gasteiger partial charge in [-0.05, 0) is 24.3 Å². The number of anilines is 1. The van der Waals surface area contributed by atoms with Crippen LogP contribution in [0.2, 0.25) is 0 Å². The summed E-state index contributed by atoms with van der Waals surface area (Å²) in [5.41, 5.74) is 0.765. The third kappa shape index (κ3) is 2.85. The molecule has 0 saturated carbocycles. The Morgan fingerprint density at radius 3 is 2.32 bits per heavy atom. The molecule has 1 aliphatic rings. The minimum Gasteiger partial charge on any atom is -0.496 e. The van der Waals surface area contributed by atoms with E-state index in [1.54, 1.807) is 18.2 Å². The van der Waals surface area contributed by atoms with Crippen molar-refractivity contribution in [3.63, 3.8) is 0 Å². The maximum Gasteiger partial charge on any atom is 0.150 e. The summed E-state index contributed by atoms with van der Waals surface area (Å²) in [5, 5.41) is 19.4. The molecule has 7 heteroatoms. The summed E-state index contributed by atoms with van der Waals surface area (Å²) in [6.45, 7) is 0.114. The van der Waals surface area contributed by atoms with E-state index < -0.39 is 17.7 Å². The largest absolute Gasteiger partial charge is 0.496 e. The average Bonchev–Trinajstić information content (AvgIpc) is 2.60. The smallest absolute Gasteiger partial charge is 0.150 e. The number of aliphatic hydroxyl groups excluding tert-OH is 1. The fraction of sp³-hybridized carbons (Fsp3) is 0.278. The predicted molar refractivity (Wildman–Crippen MR) is 86.6 cm³/mol. The van der Waals surface area contributed by atoms with Gasteiger partial charge in [0.2, 0.25) is 0 Å². The highest BCUT2D eigenvalue weighted by Gasteiger charge is 2.32. The van der Waals surface area contributed by atoms with Gasteiger partial charge in [-0.3, -0.25) is 0 Å². The van der Waals surface area contributed by atoms with Crippen molar-refractivity contribution < 1.29 is 23.4 Å². The Bertz CT molecular complexity index is 841. The molecule has 1 atom stereocenters. The summed E-state index contributed by atoms with van der Waals surface area (Å²) >= 11 is 0. The van der Waals surface area contributed by atoms with Crippen molar-refractivity contribution in [1.29, 1.82) is 5.26 Å². The number of methoxy groups -OCH3 is 2. The molecule has 5 nitrogen and oxygen atoms in total. The molecule has 2 aromatic carbocycles. The molecular formula is C18H16F2N2O3. The van der Waals surface area contributed by atoms with Gasteiger partial charge in [0, 0.05) is 24.2 Å². The van der Waals surface area contributed by atoms with E-state index in [-0.39, 0.29) is 24.3 Å². The van der Waals surface area contributed by atoms with Crippen LogP contribution in [0.4, 0.5) is 14.5 Å². The van der Waals surface area contributed by atoms with Crippen molar-refractivity contribution in [2.45, 2.75) is 12.6 Å². The van der Waals surface area contributed by atoms with E-state index in [4.69, 9.17) is 14.7 Å². The lowest BCUT2D eigenvalue weighted by Crippen LogP contribution is -2.35. The molecular weight excluding hydrogens is 330 g/mol. The van der Waals surface area contributed by atoms with Crippen LogP contribution in [0.15, 0.2) is 24.3 Å². The highest BCUT2D eigenvalue weighted by molar-refractivity contribution is 5.59. The minimum atomic E-state index is -1.01. The van der Waals surface area contributed by atoms with Crippen LogP contribution < -0.4 is 14.4 Å². The zero-order chi connectivity index (χ0) is 18.1. The van der Waals surface area contributed by atoms with Gasteiger partial charge in [0.25, 0.3) is 0 Å². The van der Waals surface area contributed by atoms with Crippen molar-refractivity contribution in [3.8, 4) is 17.6 Å². The molecule has 25 heavy (non-hydrogen) atoms. The van der Waals surface area contributed by atoms with E-state index in [1.807, 2.05) is 0 Å². The van der Waals surface area contributed by atoms with Crippen molar-refractivity contribution in [3.05, 3.63) is 52.6 Å². The maximum absolute atomic E-state index is 14.3. The van der Waals surface area contributed by atoms with Crippen LogP contribution in [-0.2, 0) is 6.54 Å². The van der Waals surface area contributed by atoms with Gasteiger partial charge in [-0.25, -0.2) is 8.78 Å². The van der Waals surface area contributed by atoms with Gasteiger partial charge in [0.05, 0.1) is 25.9 Å². The number of halogens is 2. The normalized spacial score (nSPS) is 16.2. The van der Waals surface area contributed by atoms with Crippen molar-refractivity contribution in [2.24, 2.45) is 0 Å². The summed E-state index contributed by atoms with van der Waals surface area (Å²) < 4.78 is 39.3. The van der Waals surface area contributed by atoms with Crippen LogP contribution in [0, 0.1) is 23.0 Å². The van der Waals surface area contributed by atoms with E-state index in [0.717, 1.165) is 12.1 Å². The lowest BCUT2D eigenvalue weighted by atomic mass is 9.94. The number of fused-ring (bicyclic) bond motifs is 1. The number of β-amino-alcohol motifs (C(OH)–C–C–N with tert-alkyl or cyclic N) is 1. The third-order valence-electron chi connectivity index (χ3n) is 4.25. The van der Waals surface area contributed by atoms with Crippen LogP contribution in [0.5, 0.6) is 11.5 Å². The Morgan fingerprint density at radius 1 is 1.16 bits per heavy atom. The number of ether oxygens (including phenoxy) is 2. The number of hydrogen-bond acceptors (Lipinski definition) is 5. The molecule has 0 aromatic heterocycles. The lowest BCUT2D eigenvalue weighted by Gasteiger charge is -2.35. The second kappa shape index (κ2) is 6.57. The summed E-state index contributed by atoms with van der Waals surface area (Å²) in [4.78, 5) is 1.39. The van der Waals surface area contributed by atoms with Gasteiger partial charge in [-0.15, -0.1) is 0 Å². The lowest BCUT2D eigenvalue weighted by molar-refractivity contribution is 0.169. The molecule has 0 radical (unpaired) electrons. The molecule has 0 spiro atoms. The number of nitrogens with zero attached hydrogens (tertiary/aromatic N) is 2. The molecule has 0 amide bonds. The van der Waals surface area contributed by atoms with E-state index >= 15 is 0 Å². The first-order valence-electron chi connectivity index (χ1n) is 7.56. The highest BCUT2D eigenvalue weighted by atomic mass is 19.1. The fourth-order valence-electron chi connectivity index (χ4n) is 3.18. The monoisotopic (exact) mass is 346 g/mol. The van der Waals surface area contributed by atoms with Gasteiger partial charge < -0.3 is 19.5 Å². The SMILES string of the molecule is COc1ccc(OC)c2c1CN(c1c(F)cc(C#N)cc1F)C[C@H]2O. The van der Waals surface area contributed by atoms with Crippen molar-refractivity contribution in [2.75, 3.05) is 25.7 Å². The quantitative estimate of drug-likeness (QED) is 0.926. The van der Waals surface area contributed by atoms with E-state index in [1.165, 1.54) is 19.1 Å². The first-order chi connectivity index (χ1) is 12.0. The number of benzene rings is 2. The van der Waals surface area contributed by atoms with E-state index in [2.05, 4.69) is 0 Å². The van der Waals surface area contributed by atoms with Gasteiger partial charge in [0.1, 0.15) is 23.3 Å². The molecule has 2 aromatic rings. The van der Waals surface area contributed by atoms with Gasteiger partial charge in [0.15, 0.2) is 11.6 Å². The number of aliphatic hydroxyl groups is 1. The summed E-state index contributed by atoms with van der Waals surface area (Å²) in [7, 11) is 2.97. The first kappa shape index (κ1) is 17.0. The van der Waals surface area contributed by atoms with Crippen LogP contribution >= 0.6 is 0 Å². The summed E-state index contributed by atoms with van der Waals surface area (Å²) in [5.74, 6) is -0.721. The zero-order valence-electron chi connectivity index (χ0n) is 13.7. The van der Waals surface area contributed by atoms with Crippen LogP contribution in [0.1, 0.15) is 22.8 Å². The molecule has 1 heterocycles. The molecule has 0 unspecified atom stereocenters. The summed E-state index contributed by atoms with van der Waals surface area (Å²) in [6.07, 6.45) is -1.01. The molecule has 130 valence electrons. The standard InChI is InChI=1S/C18H16F2N2O3/c1-24-15-3-4-16(25-2)17-11(15)8-22(9-14(17)23)18-12(19)5-10(7-21)6-13(18)20/h3-6,14,23H,8-9H2,1-2H3/t14-/m1/s1. The van der Waals surface area contributed by atoms with E-state index in [9.17, 15) is 13.9 Å². The molecule has 1 N–H and O–H groups in total. The highest BCUT2D eigenvalue weighted by Crippen LogP contribution is 2.41. The molecule has 1 aliphatic heterocycles. The Labute approximate surface area is 143 Å². The number of nitriles is 1. The topological polar surface area (TPSA) is 65.7 Å². The van der Waals surface area contributed by atoms with Crippen molar-refractivity contribution in [1.82, 2.24) is 0 Å². The number of hydrogen-bond donors (Lipinski definition) is 1. The van der Waals surface area contributed by atoms with Gasteiger partial charge in [-0.2, -0.15) is 5.26 Å². The fourth-order valence-corrected chi connectivity index (χ4v) is 3.18. The maximum atomic E-state index is 14.3. The second-order valence-electron chi connectivity index (χ2n) is 5.66. The molecule has 0 saturated heterocycles. The zero-order valence-corrected chi connectivity index (χ0v) is 13.7. The predicted octanol–water partition coefficient (Wildman–Crippen LogP) is 2.91. The summed E-state index contributed by atoms with van der Waals surface area (Å²) in [6, 6.07) is 7.02. The Kier molecular flexibility index (Phi) is 4.47. The Balaban J connectivity index is 2.10. The van der Waals surface area contributed by atoms with Crippen LogP contribution in [0.25, 0.3) is 0 Å². The molecule has 0 aliphatic carbocycles. The first-order valence-corrected chi connectivity index (χ1v) is 7.56. The Hall–Kier alpha value is -2.85. The van der Waals surface area contributed by atoms with Gasteiger partial charge >= 0.3 is 0 Å². The van der Waals surface area contributed by atoms with Crippen molar-refractivity contribution >= 4 is 5.69 Å². The third-order valence-corrected chi connectivity index (χ3v) is 4.25. The average molecular weight is 346 g/mol. The van der Waals surface area contributed by atoms with Crippen LogP contribution in [0.3, 0.4) is 0 Å². The second-order valence-corrected chi connectivity index (χ2v) is 5.66. The minimum absolute atomic E-state index is 0.0176. The molecule has 0 fully saturated rings. The molecule has 3 rings (SSSR count).